The van der Waals surface area contributed by atoms with Crippen molar-refractivity contribution in [2.45, 2.75) is 77.9 Å². The van der Waals surface area contributed by atoms with Crippen molar-refractivity contribution in [1.82, 2.24) is 16.0 Å². The third-order valence-corrected chi connectivity index (χ3v) is 4.85. The Morgan fingerprint density at radius 2 is 1.60 bits per heavy atom. The fourth-order valence-electron chi connectivity index (χ4n) is 2.88. The van der Waals surface area contributed by atoms with Crippen LogP contribution in [0.5, 0.6) is 0 Å². The van der Waals surface area contributed by atoms with Crippen molar-refractivity contribution in [2.75, 3.05) is 13.1 Å². The number of hydrogen-bond acceptors (Lipinski definition) is 6. The first-order valence-corrected chi connectivity index (χ1v) is 10.6. The van der Waals surface area contributed by atoms with Crippen molar-refractivity contribution in [3.63, 3.8) is 0 Å². The van der Waals surface area contributed by atoms with Gasteiger partial charge in [-0.1, -0.05) is 34.1 Å². The van der Waals surface area contributed by atoms with E-state index in [0.29, 0.717) is 38.6 Å². The number of hydrogen-bond donors (Lipinski definition) is 6. The zero-order chi connectivity index (χ0) is 23.3. The number of nitrogens with one attached hydrogen (secondary N) is 3. The van der Waals surface area contributed by atoms with Gasteiger partial charge in [0.2, 0.25) is 17.7 Å². The Kier molecular flexibility index (Phi) is 13.7. The first-order chi connectivity index (χ1) is 14.0. The number of carbonyl (C=O) groups excluding carboxylic acids is 3. The molecule has 0 aliphatic rings. The lowest BCUT2D eigenvalue weighted by Crippen LogP contribution is -2.57. The van der Waals surface area contributed by atoms with Crippen LogP contribution in [0.15, 0.2) is 0 Å². The molecular weight excluding hydrogens is 390 g/mol. The van der Waals surface area contributed by atoms with Crippen LogP contribution < -0.4 is 27.4 Å². The van der Waals surface area contributed by atoms with Crippen molar-refractivity contribution in [3.8, 4) is 0 Å². The van der Waals surface area contributed by atoms with Crippen molar-refractivity contribution >= 4 is 23.7 Å². The Hall–Kier alpha value is -2.20. The second kappa shape index (κ2) is 14.7. The molecule has 0 rings (SSSR count). The van der Waals surface area contributed by atoms with Gasteiger partial charge in [0.15, 0.2) is 0 Å². The van der Waals surface area contributed by atoms with Crippen LogP contribution in [0.1, 0.15) is 59.8 Å². The quantitative estimate of drug-likeness (QED) is 0.194. The summed E-state index contributed by atoms with van der Waals surface area (Å²) in [7, 11) is 0. The van der Waals surface area contributed by atoms with E-state index in [-0.39, 0.29) is 11.8 Å². The van der Waals surface area contributed by atoms with Gasteiger partial charge in [-0.3, -0.25) is 19.2 Å². The number of carboxylic acids is 1. The Bertz CT molecular complexity index is 570. The lowest BCUT2D eigenvalue weighted by Gasteiger charge is -2.27. The minimum absolute atomic E-state index is 0.225. The molecule has 0 fully saturated rings. The minimum Gasteiger partial charge on any atom is -0.480 e. The maximum absolute atomic E-state index is 12.9. The molecule has 0 aliphatic carbocycles. The minimum atomic E-state index is -1.18. The summed E-state index contributed by atoms with van der Waals surface area (Å²) in [6.07, 6.45) is 2.73. The van der Waals surface area contributed by atoms with Gasteiger partial charge >= 0.3 is 5.97 Å². The first kappa shape index (κ1) is 27.8. The topological polar surface area (TPSA) is 177 Å². The second-order valence-corrected chi connectivity index (χ2v) is 8.07. The van der Waals surface area contributed by atoms with Gasteiger partial charge in [-0.2, -0.15) is 0 Å². The normalized spacial score (nSPS) is 15.0. The molecule has 0 spiro atoms. The van der Waals surface area contributed by atoms with Gasteiger partial charge in [0.1, 0.15) is 18.6 Å². The van der Waals surface area contributed by atoms with E-state index in [1.54, 1.807) is 6.92 Å². The summed E-state index contributed by atoms with van der Waals surface area (Å²) >= 11 is 0. The molecule has 0 aromatic rings. The molecule has 0 heterocycles. The van der Waals surface area contributed by atoms with Crippen LogP contribution in [0.3, 0.4) is 0 Å². The van der Waals surface area contributed by atoms with E-state index in [1.807, 2.05) is 20.8 Å². The molecule has 3 amide bonds. The average molecular weight is 430 g/mol. The molecule has 10 heteroatoms. The van der Waals surface area contributed by atoms with E-state index in [2.05, 4.69) is 16.0 Å². The first-order valence-electron chi connectivity index (χ1n) is 10.6. The van der Waals surface area contributed by atoms with E-state index in [9.17, 15) is 19.2 Å². The van der Waals surface area contributed by atoms with Crippen LogP contribution in [0.25, 0.3) is 0 Å². The third-order valence-electron chi connectivity index (χ3n) is 4.85. The summed E-state index contributed by atoms with van der Waals surface area (Å²) in [6.45, 7) is 7.46. The lowest BCUT2D eigenvalue weighted by molar-refractivity contribution is -0.139. The average Bonchev–Trinajstić information content (AvgIpc) is 2.67. The number of amides is 3. The van der Waals surface area contributed by atoms with Gasteiger partial charge in [-0.15, -0.1) is 0 Å². The van der Waals surface area contributed by atoms with E-state index in [1.165, 1.54) is 0 Å². The molecular formula is C20H39N5O5. The number of carbonyl (C=O) groups is 4. The highest BCUT2D eigenvalue weighted by Gasteiger charge is 2.30. The fraction of sp³-hybridized carbons (Fsp3) is 0.800. The third kappa shape index (κ3) is 11.1. The van der Waals surface area contributed by atoms with Gasteiger partial charge in [0, 0.05) is 0 Å². The zero-order valence-electron chi connectivity index (χ0n) is 18.6. The molecule has 174 valence electrons. The SMILES string of the molecule is CCC(C)C(NC(=O)C(CCCCN)NC(=O)C(N)CC(C)C)C(=O)NCC(=O)O. The van der Waals surface area contributed by atoms with Gasteiger partial charge in [0.25, 0.3) is 0 Å². The van der Waals surface area contributed by atoms with Crippen molar-refractivity contribution in [1.29, 1.82) is 0 Å². The molecule has 30 heavy (non-hydrogen) atoms. The number of rotatable bonds is 15. The molecule has 0 aromatic heterocycles. The van der Waals surface area contributed by atoms with Crippen molar-refractivity contribution in [2.24, 2.45) is 23.3 Å². The van der Waals surface area contributed by atoms with Crippen LogP contribution in [-0.2, 0) is 19.2 Å². The lowest BCUT2D eigenvalue weighted by atomic mass is 9.97. The number of unbranched alkanes of at least 4 members (excludes halogenated alkanes) is 1. The van der Waals surface area contributed by atoms with Gasteiger partial charge < -0.3 is 32.5 Å². The molecule has 10 nitrogen and oxygen atoms in total. The maximum atomic E-state index is 12.9. The van der Waals surface area contributed by atoms with E-state index >= 15 is 0 Å². The monoisotopic (exact) mass is 429 g/mol. The van der Waals surface area contributed by atoms with Crippen LogP contribution >= 0.6 is 0 Å². The molecule has 0 aliphatic heterocycles. The van der Waals surface area contributed by atoms with Crippen molar-refractivity contribution in [3.05, 3.63) is 0 Å². The fourth-order valence-corrected chi connectivity index (χ4v) is 2.88. The molecule has 0 aromatic carbocycles. The maximum Gasteiger partial charge on any atom is 0.322 e. The molecule has 4 unspecified atom stereocenters. The highest BCUT2D eigenvalue weighted by Crippen LogP contribution is 2.10. The molecule has 4 atom stereocenters. The van der Waals surface area contributed by atoms with Crippen LogP contribution in [0.2, 0.25) is 0 Å². The molecule has 0 saturated heterocycles. The standard InChI is InChI=1S/C20H39N5O5/c1-5-13(4)17(20(30)23-11-16(26)27)25-19(29)15(8-6-7-9-21)24-18(28)14(22)10-12(2)3/h12-15,17H,5-11,21-22H2,1-4H3,(H,23,30)(H,24,28)(H,25,29)(H,26,27). The molecule has 0 saturated carbocycles. The van der Waals surface area contributed by atoms with E-state index in [4.69, 9.17) is 16.6 Å². The van der Waals surface area contributed by atoms with Gasteiger partial charge in [0.05, 0.1) is 6.04 Å². The van der Waals surface area contributed by atoms with Crippen LogP contribution in [-0.4, -0.2) is 60.0 Å². The summed E-state index contributed by atoms with van der Waals surface area (Å²) in [5.74, 6) is -2.69. The summed E-state index contributed by atoms with van der Waals surface area (Å²) in [5.41, 5.74) is 11.4. The number of carboxylic acid groups (broad SMARTS) is 1. The Morgan fingerprint density at radius 3 is 2.10 bits per heavy atom. The van der Waals surface area contributed by atoms with E-state index in [0.717, 1.165) is 0 Å². The summed E-state index contributed by atoms with van der Waals surface area (Å²) in [4.78, 5) is 48.5. The Morgan fingerprint density at radius 1 is 0.967 bits per heavy atom. The predicted octanol–water partition coefficient (Wildman–Crippen LogP) is -0.295. The number of aliphatic carboxylic acids is 1. The molecule has 0 bridgehead atoms. The Labute approximate surface area is 178 Å². The van der Waals surface area contributed by atoms with Crippen LogP contribution in [0, 0.1) is 11.8 Å². The smallest absolute Gasteiger partial charge is 0.322 e. The van der Waals surface area contributed by atoms with Gasteiger partial charge in [-0.25, -0.2) is 0 Å². The summed E-state index contributed by atoms with van der Waals surface area (Å²) in [5, 5.41) is 16.4. The summed E-state index contributed by atoms with van der Waals surface area (Å²) in [6, 6.07) is -2.51. The molecule has 0 radical (unpaired) electrons. The number of nitrogens with two attached hydrogens (primary N) is 2. The predicted molar refractivity (Wildman–Crippen MR) is 114 cm³/mol. The van der Waals surface area contributed by atoms with Crippen molar-refractivity contribution < 1.29 is 24.3 Å². The van der Waals surface area contributed by atoms with Crippen LogP contribution in [0.4, 0.5) is 0 Å². The van der Waals surface area contributed by atoms with Gasteiger partial charge in [-0.05, 0) is 44.1 Å². The second-order valence-electron chi connectivity index (χ2n) is 8.07. The molecule has 8 N–H and O–H groups in total. The van der Waals surface area contributed by atoms with E-state index < -0.39 is 48.4 Å². The highest BCUT2D eigenvalue weighted by atomic mass is 16.4. The summed E-state index contributed by atoms with van der Waals surface area (Å²) < 4.78 is 0. The largest absolute Gasteiger partial charge is 0.480 e. The Balaban J connectivity index is 5.28. The zero-order valence-corrected chi connectivity index (χ0v) is 18.6. The highest BCUT2D eigenvalue weighted by molar-refractivity contribution is 5.93.